The summed E-state index contributed by atoms with van der Waals surface area (Å²) in [7, 11) is 0. The summed E-state index contributed by atoms with van der Waals surface area (Å²) in [6.07, 6.45) is 6.61. The molecule has 2 rings (SSSR count). The van der Waals surface area contributed by atoms with Crippen LogP contribution in [0.4, 0.5) is 0 Å². The molecule has 0 aliphatic carbocycles. The maximum absolute atomic E-state index is 11.9. The highest BCUT2D eigenvalue weighted by Crippen LogP contribution is 2.15. The molecule has 1 aromatic carbocycles. The van der Waals surface area contributed by atoms with E-state index in [0.29, 0.717) is 18.7 Å². The molecule has 0 fully saturated rings. The van der Waals surface area contributed by atoms with E-state index in [1.54, 1.807) is 12.2 Å². The van der Waals surface area contributed by atoms with Crippen LogP contribution >= 0.6 is 0 Å². The number of benzene rings is 1. The van der Waals surface area contributed by atoms with Gasteiger partial charge in [0.05, 0.1) is 12.2 Å². The molecule has 112 valence electrons. The number of hydrogen-bond donors (Lipinski definition) is 1. The summed E-state index contributed by atoms with van der Waals surface area (Å²) in [5.74, 6) is -0.162. The average molecular weight is 293 g/mol. The maximum atomic E-state index is 11.9. The van der Waals surface area contributed by atoms with E-state index >= 15 is 0 Å². The van der Waals surface area contributed by atoms with E-state index in [9.17, 15) is 4.79 Å². The zero-order chi connectivity index (χ0) is 15.8. The number of aromatic nitrogens is 2. The van der Waals surface area contributed by atoms with Crippen molar-refractivity contribution in [1.82, 2.24) is 15.1 Å². The topological polar surface area (TPSA) is 46.9 Å². The Kier molecular flexibility index (Phi) is 5.49. The van der Waals surface area contributed by atoms with Gasteiger partial charge < -0.3 is 5.32 Å². The first-order chi connectivity index (χ1) is 10.7. The van der Waals surface area contributed by atoms with Gasteiger partial charge in [0.15, 0.2) is 0 Å². The van der Waals surface area contributed by atoms with Crippen molar-refractivity contribution < 1.29 is 4.79 Å². The Bertz CT molecular complexity index is 683. The molecule has 0 atom stereocenters. The molecule has 22 heavy (non-hydrogen) atoms. The molecule has 1 aromatic heterocycles. The molecule has 2 aromatic rings. The number of nitrogens with zero attached hydrogens (tertiary/aromatic N) is 2. The lowest BCUT2D eigenvalue weighted by Crippen LogP contribution is -2.28. The van der Waals surface area contributed by atoms with Crippen LogP contribution in [0, 0.1) is 0 Å². The minimum absolute atomic E-state index is 0.162. The van der Waals surface area contributed by atoms with Crippen LogP contribution in [0.3, 0.4) is 0 Å². The van der Waals surface area contributed by atoms with E-state index in [-0.39, 0.29) is 5.91 Å². The second kappa shape index (κ2) is 7.78. The van der Waals surface area contributed by atoms with Gasteiger partial charge in [-0.15, -0.1) is 0 Å². The van der Waals surface area contributed by atoms with E-state index in [4.69, 9.17) is 0 Å². The van der Waals surface area contributed by atoms with E-state index < -0.39 is 0 Å². The largest absolute Gasteiger partial charge is 0.350 e. The lowest BCUT2D eigenvalue weighted by Gasteiger charge is -2.05. The third-order valence-electron chi connectivity index (χ3n) is 3.12. The number of hydrogen-bond acceptors (Lipinski definition) is 2. The standard InChI is InChI=1S/C18H19N3O/c1-3-8-15(4-2)18(22)19-12-14-21-13-11-17(20-21)16-9-6-5-7-10-16/h3-11,13H,1-2,12,14H2,(H,19,22)/b15-8+. The van der Waals surface area contributed by atoms with Gasteiger partial charge in [-0.1, -0.05) is 61.7 Å². The zero-order valence-electron chi connectivity index (χ0n) is 12.4. The number of rotatable bonds is 7. The second-order valence-electron chi connectivity index (χ2n) is 4.65. The van der Waals surface area contributed by atoms with Crippen LogP contribution in [0.1, 0.15) is 0 Å². The molecule has 0 aliphatic heterocycles. The summed E-state index contributed by atoms with van der Waals surface area (Å²) in [5.41, 5.74) is 2.50. The minimum atomic E-state index is -0.162. The van der Waals surface area contributed by atoms with Crippen molar-refractivity contribution in [2.24, 2.45) is 0 Å². The van der Waals surface area contributed by atoms with Crippen LogP contribution in [-0.2, 0) is 11.3 Å². The van der Waals surface area contributed by atoms with Crippen LogP contribution in [0.5, 0.6) is 0 Å². The highest BCUT2D eigenvalue weighted by Gasteiger charge is 2.05. The first-order valence-corrected chi connectivity index (χ1v) is 7.07. The van der Waals surface area contributed by atoms with Gasteiger partial charge >= 0.3 is 0 Å². The molecule has 1 N–H and O–H groups in total. The molecular weight excluding hydrogens is 274 g/mol. The smallest absolute Gasteiger partial charge is 0.251 e. The number of allylic oxidation sites excluding steroid dienone is 2. The maximum Gasteiger partial charge on any atom is 0.251 e. The Hall–Kier alpha value is -2.88. The van der Waals surface area contributed by atoms with Gasteiger partial charge in [0.1, 0.15) is 0 Å². The third kappa shape index (κ3) is 4.06. The molecule has 0 radical (unpaired) electrons. The summed E-state index contributed by atoms with van der Waals surface area (Å²) in [6, 6.07) is 11.9. The number of carbonyl (C=O) groups is 1. The summed E-state index contributed by atoms with van der Waals surface area (Å²) in [5, 5.41) is 7.32. The fourth-order valence-electron chi connectivity index (χ4n) is 2.00. The zero-order valence-corrected chi connectivity index (χ0v) is 12.4. The van der Waals surface area contributed by atoms with Gasteiger partial charge in [-0.2, -0.15) is 5.10 Å². The molecular formula is C18H19N3O. The molecule has 0 saturated carbocycles. The van der Waals surface area contributed by atoms with Crippen molar-refractivity contribution in [3.63, 3.8) is 0 Å². The van der Waals surface area contributed by atoms with Gasteiger partial charge in [0.25, 0.3) is 5.91 Å². The lowest BCUT2D eigenvalue weighted by atomic mass is 10.2. The first kappa shape index (κ1) is 15.5. The summed E-state index contributed by atoms with van der Waals surface area (Å²) in [4.78, 5) is 11.9. The molecule has 0 bridgehead atoms. The van der Waals surface area contributed by atoms with Crippen molar-refractivity contribution in [3.8, 4) is 11.3 Å². The van der Waals surface area contributed by atoms with Gasteiger partial charge in [0.2, 0.25) is 0 Å². The van der Waals surface area contributed by atoms with Crippen LogP contribution in [0.15, 0.2) is 79.6 Å². The summed E-state index contributed by atoms with van der Waals surface area (Å²) >= 11 is 0. The predicted molar refractivity (Wildman–Crippen MR) is 89.1 cm³/mol. The van der Waals surface area contributed by atoms with Crippen LogP contribution < -0.4 is 5.32 Å². The fourth-order valence-corrected chi connectivity index (χ4v) is 2.00. The number of amides is 1. The fraction of sp³-hybridized carbons (Fsp3) is 0.111. The first-order valence-electron chi connectivity index (χ1n) is 7.07. The van der Waals surface area contributed by atoms with E-state index in [1.165, 1.54) is 6.08 Å². The van der Waals surface area contributed by atoms with Crippen LogP contribution in [-0.4, -0.2) is 22.2 Å². The van der Waals surface area contributed by atoms with Gasteiger partial charge in [-0.05, 0) is 6.07 Å². The minimum Gasteiger partial charge on any atom is -0.350 e. The lowest BCUT2D eigenvalue weighted by molar-refractivity contribution is -0.117. The number of nitrogens with one attached hydrogen (secondary N) is 1. The van der Waals surface area contributed by atoms with Crippen molar-refractivity contribution >= 4 is 5.91 Å². The van der Waals surface area contributed by atoms with Crippen molar-refractivity contribution in [3.05, 3.63) is 79.6 Å². The molecule has 4 heteroatoms. The summed E-state index contributed by atoms with van der Waals surface area (Å²) < 4.78 is 1.81. The van der Waals surface area contributed by atoms with Crippen molar-refractivity contribution in [2.45, 2.75) is 6.54 Å². The molecule has 1 amide bonds. The third-order valence-corrected chi connectivity index (χ3v) is 3.12. The Morgan fingerprint density at radius 1 is 1.23 bits per heavy atom. The monoisotopic (exact) mass is 293 g/mol. The molecule has 1 heterocycles. The van der Waals surface area contributed by atoms with Crippen molar-refractivity contribution in [1.29, 1.82) is 0 Å². The Morgan fingerprint density at radius 2 is 2.00 bits per heavy atom. The Balaban J connectivity index is 1.89. The highest BCUT2D eigenvalue weighted by molar-refractivity contribution is 5.96. The molecule has 4 nitrogen and oxygen atoms in total. The second-order valence-corrected chi connectivity index (χ2v) is 4.65. The molecule has 0 saturated heterocycles. The average Bonchev–Trinajstić information content (AvgIpc) is 3.02. The Morgan fingerprint density at radius 3 is 2.68 bits per heavy atom. The SMILES string of the molecule is C=C/C=C(\C=C)C(=O)NCCn1ccc(-c2ccccc2)n1. The van der Waals surface area contributed by atoms with Gasteiger partial charge in [-0.3, -0.25) is 9.48 Å². The van der Waals surface area contributed by atoms with Gasteiger partial charge in [0, 0.05) is 23.9 Å². The highest BCUT2D eigenvalue weighted by atomic mass is 16.1. The van der Waals surface area contributed by atoms with E-state index in [0.717, 1.165) is 11.3 Å². The van der Waals surface area contributed by atoms with Crippen LogP contribution in [0.2, 0.25) is 0 Å². The molecule has 0 spiro atoms. The van der Waals surface area contributed by atoms with Gasteiger partial charge in [-0.25, -0.2) is 0 Å². The van der Waals surface area contributed by atoms with E-state index in [2.05, 4.69) is 23.6 Å². The van der Waals surface area contributed by atoms with Crippen molar-refractivity contribution in [2.75, 3.05) is 6.54 Å². The predicted octanol–water partition coefficient (Wildman–Crippen LogP) is 2.96. The Labute approximate surface area is 130 Å². The molecule has 0 unspecified atom stereocenters. The van der Waals surface area contributed by atoms with Crippen LogP contribution in [0.25, 0.3) is 11.3 Å². The number of carbonyl (C=O) groups excluding carboxylic acids is 1. The molecule has 0 aliphatic rings. The normalized spacial score (nSPS) is 11.0. The quantitative estimate of drug-likeness (QED) is 0.630. The van der Waals surface area contributed by atoms with E-state index in [1.807, 2.05) is 47.3 Å². The summed E-state index contributed by atoms with van der Waals surface area (Å²) in [6.45, 7) is 8.29.